The van der Waals surface area contributed by atoms with E-state index in [0.717, 1.165) is 5.57 Å². The van der Waals surface area contributed by atoms with Gasteiger partial charge in [-0.2, -0.15) is 5.21 Å². The fourth-order valence-corrected chi connectivity index (χ4v) is 0.658. The van der Waals surface area contributed by atoms with E-state index in [4.69, 9.17) is 0 Å². The number of tetrazole rings is 1. The molecule has 6 nitrogen and oxygen atoms in total. The largest absolute Gasteiger partial charge is 0.292 e. The molecule has 1 rings (SSSR count). The number of hydrogen-bond acceptors (Lipinski definition) is 4. The Hall–Kier alpha value is -1.72. The molecule has 0 bridgehead atoms. The van der Waals surface area contributed by atoms with Crippen LogP contribution in [0.4, 0.5) is 5.95 Å². The first kappa shape index (κ1) is 8.38. The first-order valence-electron chi connectivity index (χ1n) is 3.36. The number of amides is 1. The first-order chi connectivity index (χ1) is 5.68. The Morgan fingerprint density at radius 2 is 2.50 bits per heavy atom. The zero-order chi connectivity index (χ0) is 8.97. The highest BCUT2D eigenvalue weighted by atomic mass is 16.1. The third kappa shape index (κ3) is 2.49. The molecule has 64 valence electrons. The van der Waals surface area contributed by atoms with Gasteiger partial charge in [0.2, 0.25) is 5.91 Å². The third-order valence-electron chi connectivity index (χ3n) is 1.06. The summed E-state index contributed by atoms with van der Waals surface area (Å²) < 4.78 is 0. The van der Waals surface area contributed by atoms with Crippen molar-refractivity contribution >= 4 is 11.9 Å². The molecule has 1 amide bonds. The number of nitrogens with one attached hydrogen (secondary N) is 2. The summed E-state index contributed by atoms with van der Waals surface area (Å²) in [7, 11) is 0. The van der Waals surface area contributed by atoms with Gasteiger partial charge in [-0.1, -0.05) is 17.3 Å². The highest BCUT2D eigenvalue weighted by Gasteiger charge is 2.04. The number of aromatic amines is 1. The molecular weight excluding hydrogens is 158 g/mol. The van der Waals surface area contributed by atoms with E-state index in [0.29, 0.717) is 0 Å². The molecule has 1 aromatic heterocycles. The van der Waals surface area contributed by atoms with Crippen LogP contribution in [0, 0.1) is 0 Å². The smallest absolute Gasteiger partial charge is 0.269 e. The van der Waals surface area contributed by atoms with Crippen molar-refractivity contribution in [3.05, 3.63) is 12.2 Å². The number of H-pyrrole nitrogens is 1. The van der Waals surface area contributed by atoms with Gasteiger partial charge in [0, 0.05) is 6.42 Å². The molecule has 0 aliphatic rings. The summed E-state index contributed by atoms with van der Waals surface area (Å²) in [6, 6.07) is 0. The Labute approximate surface area is 69.1 Å². The lowest BCUT2D eigenvalue weighted by molar-refractivity contribution is -0.115. The predicted molar refractivity (Wildman–Crippen MR) is 42.2 cm³/mol. The van der Waals surface area contributed by atoms with Crippen molar-refractivity contribution < 1.29 is 4.79 Å². The van der Waals surface area contributed by atoms with E-state index in [1.807, 2.05) is 0 Å². The topological polar surface area (TPSA) is 83.6 Å². The number of aromatic nitrogens is 4. The van der Waals surface area contributed by atoms with Crippen LogP contribution in [0.5, 0.6) is 0 Å². The van der Waals surface area contributed by atoms with Crippen molar-refractivity contribution in [3.63, 3.8) is 0 Å². The fraction of sp³-hybridized carbons (Fsp3) is 0.333. The first-order valence-corrected chi connectivity index (χ1v) is 3.36. The average Bonchev–Trinajstić information content (AvgIpc) is 2.37. The summed E-state index contributed by atoms with van der Waals surface area (Å²) in [6.07, 6.45) is 0.272. The highest BCUT2D eigenvalue weighted by Crippen LogP contribution is 1.98. The lowest BCUT2D eigenvalue weighted by Gasteiger charge is -1.97. The van der Waals surface area contributed by atoms with Crippen LogP contribution < -0.4 is 5.32 Å². The second-order valence-electron chi connectivity index (χ2n) is 2.42. The van der Waals surface area contributed by atoms with Crippen molar-refractivity contribution in [3.8, 4) is 0 Å². The Morgan fingerprint density at radius 3 is 3.00 bits per heavy atom. The zero-order valence-corrected chi connectivity index (χ0v) is 6.66. The number of carbonyl (C=O) groups is 1. The van der Waals surface area contributed by atoms with Gasteiger partial charge in [-0.05, 0) is 12.1 Å². The molecule has 0 saturated heterocycles. The van der Waals surface area contributed by atoms with E-state index in [-0.39, 0.29) is 18.3 Å². The monoisotopic (exact) mass is 167 g/mol. The molecule has 0 fully saturated rings. The van der Waals surface area contributed by atoms with Crippen molar-refractivity contribution in [1.82, 2.24) is 20.6 Å². The van der Waals surface area contributed by atoms with Crippen LogP contribution in [-0.2, 0) is 4.79 Å². The van der Waals surface area contributed by atoms with Gasteiger partial charge < -0.3 is 0 Å². The van der Waals surface area contributed by atoms with E-state index in [2.05, 4.69) is 32.5 Å². The third-order valence-corrected chi connectivity index (χ3v) is 1.06. The van der Waals surface area contributed by atoms with E-state index in [1.54, 1.807) is 6.92 Å². The van der Waals surface area contributed by atoms with Gasteiger partial charge in [0.15, 0.2) is 0 Å². The predicted octanol–water partition coefficient (Wildman–Crippen LogP) is 0.104. The number of hydrogen-bond donors (Lipinski definition) is 2. The summed E-state index contributed by atoms with van der Waals surface area (Å²) in [5.41, 5.74) is 0.788. The van der Waals surface area contributed by atoms with E-state index in [1.165, 1.54) is 0 Å². The Balaban J connectivity index is 2.42. The van der Waals surface area contributed by atoms with Gasteiger partial charge in [-0.25, -0.2) is 0 Å². The van der Waals surface area contributed by atoms with Crippen molar-refractivity contribution in [1.29, 1.82) is 0 Å². The molecule has 1 heterocycles. The minimum Gasteiger partial charge on any atom is -0.292 e. The standard InChI is InChI=1S/C6H9N5O/c1-4(2)3-5(12)7-6-8-10-11-9-6/h1,3H2,2H3,(H2,7,8,9,10,11,12). The maximum absolute atomic E-state index is 11.0. The van der Waals surface area contributed by atoms with Crippen molar-refractivity contribution in [2.45, 2.75) is 13.3 Å². The molecule has 0 saturated carbocycles. The molecule has 1 aromatic rings. The van der Waals surface area contributed by atoms with Gasteiger partial charge >= 0.3 is 0 Å². The van der Waals surface area contributed by atoms with Crippen LogP contribution in [0.2, 0.25) is 0 Å². The van der Waals surface area contributed by atoms with Crippen LogP contribution in [-0.4, -0.2) is 26.5 Å². The van der Waals surface area contributed by atoms with E-state index >= 15 is 0 Å². The molecule has 0 aliphatic heterocycles. The summed E-state index contributed by atoms with van der Waals surface area (Å²) in [5.74, 6) is -0.00912. The molecule has 0 atom stereocenters. The molecule has 0 radical (unpaired) electrons. The average molecular weight is 167 g/mol. The van der Waals surface area contributed by atoms with Gasteiger partial charge in [-0.3, -0.25) is 10.1 Å². The van der Waals surface area contributed by atoms with Gasteiger partial charge in [0.25, 0.3) is 5.95 Å². The SMILES string of the molecule is C=C(C)CC(=O)Nc1nn[nH]n1. The molecule has 12 heavy (non-hydrogen) atoms. The number of anilines is 1. The van der Waals surface area contributed by atoms with Gasteiger partial charge in [-0.15, -0.1) is 5.10 Å². The molecule has 6 heteroatoms. The van der Waals surface area contributed by atoms with Crippen molar-refractivity contribution in [2.24, 2.45) is 0 Å². The Morgan fingerprint density at radius 1 is 1.75 bits per heavy atom. The van der Waals surface area contributed by atoms with Crippen molar-refractivity contribution in [2.75, 3.05) is 5.32 Å². The quantitative estimate of drug-likeness (QED) is 0.625. The highest BCUT2D eigenvalue weighted by molar-refractivity contribution is 5.90. The van der Waals surface area contributed by atoms with E-state index in [9.17, 15) is 4.79 Å². The summed E-state index contributed by atoms with van der Waals surface area (Å²) in [5, 5.41) is 15.0. The zero-order valence-electron chi connectivity index (χ0n) is 6.66. The van der Waals surface area contributed by atoms with Gasteiger partial charge in [0.1, 0.15) is 0 Å². The molecule has 0 aliphatic carbocycles. The second-order valence-corrected chi connectivity index (χ2v) is 2.42. The minimum absolute atomic E-state index is 0.182. The lowest BCUT2D eigenvalue weighted by Crippen LogP contribution is -2.12. The lowest BCUT2D eigenvalue weighted by atomic mass is 10.2. The van der Waals surface area contributed by atoms with Gasteiger partial charge in [0.05, 0.1) is 0 Å². The fourth-order valence-electron chi connectivity index (χ4n) is 0.658. The summed E-state index contributed by atoms with van der Waals surface area (Å²) in [6.45, 7) is 5.37. The van der Waals surface area contributed by atoms with Crippen LogP contribution >= 0.6 is 0 Å². The molecule has 0 unspecified atom stereocenters. The summed E-state index contributed by atoms with van der Waals surface area (Å²) in [4.78, 5) is 11.0. The van der Waals surface area contributed by atoms with Crippen LogP contribution in [0.25, 0.3) is 0 Å². The van der Waals surface area contributed by atoms with Crippen LogP contribution in [0.1, 0.15) is 13.3 Å². The maximum Gasteiger partial charge on any atom is 0.269 e. The van der Waals surface area contributed by atoms with E-state index < -0.39 is 0 Å². The Kier molecular flexibility index (Phi) is 2.52. The maximum atomic E-state index is 11.0. The second kappa shape index (κ2) is 3.61. The minimum atomic E-state index is -0.191. The normalized spacial score (nSPS) is 9.42. The van der Waals surface area contributed by atoms with Crippen LogP contribution in [0.3, 0.4) is 0 Å². The molecule has 2 N–H and O–H groups in total. The molecular formula is C6H9N5O. The Bertz CT molecular complexity index is 278. The molecule has 0 spiro atoms. The number of carbonyl (C=O) groups excluding carboxylic acids is 1. The number of rotatable bonds is 3. The number of nitrogens with zero attached hydrogens (tertiary/aromatic N) is 3. The summed E-state index contributed by atoms with van der Waals surface area (Å²) >= 11 is 0. The van der Waals surface area contributed by atoms with Crippen LogP contribution in [0.15, 0.2) is 12.2 Å². The molecule has 0 aromatic carbocycles.